The molecule has 1 heterocycles. The van der Waals surface area contributed by atoms with E-state index < -0.39 is 0 Å². The predicted molar refractivity (Wildman–Crippen MR) is 101 cm³/mol. The lowest BCUT2D eigenvalue weighted by molar-refractivity contribution is -0.118. The van der Waals surface area contributed by atoms with Crippen molar-refractivity contribution < 1.29 is 19.0 Å². The second-order valence-electron chi connectivity index (χ2n) is 6.36. The molecule has 0 bridgehead atoms. The number of nitrogens with one attached hydrogen (secondary N) is 1. The first kappa shape index (κ1) is 18.1. The molecule has 1 amide bonds. The molecule has 2 aromatic carbocycles. The van der Waals surface area contributed by atoms with Crippen LogP contribution in [0, 0.1) is 0 Å². The van der Waals surface area contributed by atoms with Crippen molar-refractivity contribution >= 4 is 11.6 Å². The molecule has 3 rings (SSSR count). The summed E-state index contributed by atoms with van der Waals surface area (Å²) in [5.41, 5.74) is 2.94. The number of amides is 1. The van der Waals surface area contributed by atoms with Crippen molar-refractivity contribution in [3.05, 3.63) is 47.5 Å². The fraction of sp³-hybridized carbons (Fsp3) is 0.381. The van der Waals surface area contributed by atoms with Crippen LogP contribution in [0.3, 0.4) is 0 Å². The largest absolute Gasteiger partial charge is 0.492 e. The third-order valence-corrected chi connectivity index (χ3v) is 4.27. The Kier molecular flexibility index (Phi) is 5.66. The molecule has 0 aromatic heterocycles. The van der Waals surface area contributed by atoms with E-state index in [-0.39, 0.29) is 18.6 Å². The number of rotatable bonds is 7. The van der Waals surface area contributed by atoms with E-state index in [0.29, 0.717) is 23.8 Å². The number of aryl methyl sites for hydroxylation is 1. The van der Waals surface area contributed by atoms with Gasteiger partial charge in [0.05, 0.1) is 12.3 Å². The minimum absolute atomic E-state index is 0.0641. The van der Waals surface area contributed by atoms with Crippen LogP contribution in [0.2, 0.25) is 0 Å². The summed E-state index contributed by atoms with van der Waals surface area (Å²) in [6.07, 6.45) is 1.96. The van der Waals surface area contributed by atoms with Gasteiger partial charge in [-0.1, -0.05) is 19.1 Å². The van der Waals surface area contributed by atoms with E-state index in [1.165, 1.54) is 5.56 Å². The second-order valence-corrected chi connectivity index (χ2v) is 6.36. The maximum Gasteiger partial charge on any atom is 0.262 e. The summed E-state index contributed by atoms with van der Waals surface area (Å²) >= 11 is 0. The third kappa shape index (κ3) is 4.28. The molecule has 0 aliphatic carbocycles. The van der Waals surface area contributed by atoms with Crippen LogP contribution < -0.4 is 19.5 Å². The Morgan fingerprint density at radius 1 is 1.19 bits per heavy atom. The number of carbonyl (C=O) groups excluding carboxylic acids is 1. The molecule has 0 saturated carbocycles. The Morgan fingerprint density at radius 3 is 2.65 bits per heavy atom. The Morgan fingerprint density at radius 2 is 1.96 bits per heavy atom. The molecule has 1 atom stereocenters. The standard InChI is InChI=1S/C21H25NO4/c1-4-15-6-8-17(9-7-15)25-13-21(23)22-18-12-19-16(10-14(3)26-19)11-20(18)24-5-2/h6-9,11-12,14H,4-5,10,13H2,1-3H3,(H,22,23)/t14-/m1/s1. The van der Waals surface area contributed by atoms with E-state index in [1.54, 1.807) is 0 Å². The summed E-state index contributed by atoms with van der Waals surface area (Å²) in [6, 6.07) is 11.5. The van der Waals surface area contributed by atoms with Gasteiger partial charge in [-0.2, -0.15) is 0 Å². The summed E-state index contributed by atoms with van der Waals surface area (Å²) < 4.78 is 17.0. The Bertz CT molecular complexity index is 770. The molecule has 5 heteroatoms. The highest BCUT2D eigenvalue weighted by Crippen LogP contribution is 2.38. The van der Waals surface area contributed by atoms with E-state index in [0.717, 1.165) is 24.2 Å². The molecule has 1 N–H and O–H groups in total. The highest BCUT2D eigenvalue weighted by Gasteiger charge is 2.22. The topological polar surface area (TPSA) is 56.8 Å². The van der Waals surface area contributed by atoms with Crippen LogP contribution >= 0.6 is 0 Å². The molecule has 26 heavy (non-hydrogen) atoms. The fourth-order valence-electron chi connectivity index (χ4n) is 2.97. The van der Waals surface area contributed by atoms with Crippen molar-refractivity contribution in [1.82, 2.24) is 0 Å². The van der Waals surface area contributed by atoms with Gasteiger partial charge in [-0.05, 0) is 44.0 Å². The zero-order valence-corrected chi connectivity index (χ0v) is 15.5. The number of anilines is 1. The van der Waals surface area contributed by atoms with E-state index >= 15 is 0 Å². The van der Waals surface area contributed by atoms with Crippen molar-refractivity contribution in [3.63, 3.8) is 0 Å². The Balaban J connectivity index is 1.65. The molecule has 0 radical (unpaired) electrons. The van der Waals surface area contributed by atoms with Crippen molar-refractivity contribution in [2.75, 3.05) is 18.5 Å². The first-order valence-corrected chi connectivity index (χ1v) is 9.07. The van der Waals surface area contributed by atoms with Crippen LogP contribution in [0.5, 0.6) is 17.2 Å². The Hall–Kier alpha value is -2.69. The van der Waals surface area contributed by atoms with Crippen LogP contribution in [0.1, 0.15) is 31.9 Å². The molecule has 0 fully saturated rings. The van der Waals surface area contributed by atoms with E-state index in [4.69, 9.17) is 14.2 Å². The Labute approximate surface area is 154 Å². The maximum absolute atomic E-state index is 12.3. The average molecular weight is 355 g/mol. The minimum Gasteiger partial charge on any atom is -0.492 e. The van der Waals surface area contributed by atoms with E-state index in [2.05, 4.69) is 12.2 Å². The number of fused-ring (bicyclic) bond motifs is 1. The molecular formula is C21H25NO4. The minimum atomic E-state index is -0.239. The second kappa shape index (κ2) is 8.13. The van der Waals surface area contributed by atoms with Gasteiger partial charge in [0.1, 0.15) is 23.4 Å². The molecular weight excluding hydrogens is 330 g/mol. The summed E-state index contributed by atoms with van der Waals surface area (Å²) in [4.78, 5) is 12.3. The summed E-state index contributed by atoms with van der Waals surface area (Å²) in [7, 11) is 0. The van der Waals surface area contributed by atoms with Crippen molar-refractivity contribution in [3.8, 4) is 17.2 Å². The van der Waals surface area contributed by atoms with Gasteiger partial charge in [0, 0.05) is 18.1 Å². The lowest BCUT2D eigenvalue weighted by atomic mass is 10.1. The highest BCUT2D eigenvalue weighted by atomic mass is 16.5. The smallest absolute Gasteiger partial charge is 0.262 e. The average Bonchev–Trinajstić information content (AvgIpc) is 2.99. The van der Waals surface area contributed by atoms with Crippen molar-refractivity contribution in [2.45, 2.75) is 39.7 Å². The van der Waals surface area contributed by atoms with Gasteiger partial charge in [0.15, 0.2) is 6.61 Å². The van der Waals surface area contributed by atoms with Gasteiger partial charge in [-0.15, -0.1) is 0 Å². The van der Waals surface area contributed by atoms with Crippen molar-refractivity contribution in [2.24, 2.45) is 0 Å². The summed E-state index contributed by atoms with van der Waals surface area (Å²) in [5.74, 6) is 1.89. The SMILES string of the molecule is CCOc1cc2c(cc1NC(=O)COc1ccc(CC)cc1)O[C@H](C)C2. The first-order chi connectivity index (χ1) is 12.6. The molecule has 1 aliphatic heterocycles. The fourth-order valence-corrected chi connectivity index (χ4v) is 2.97. The number of carbonyl (C=O) groups is 1. The quantitative estimate of drug-likeness (QED) is 0.816. The van der Waals surface area contributed by atoms with Crippen LogP contribution in [-0.2, 0) is 17.6 Å². The normalized spacial score (nSPS) is 15.1. The van der Waals surface area contributed by atoms with Crippen LogP contribution in [0.25, 0.3) is 0 Å². The molecule has 2 aromatic rings. The van der Waals surface area contributed by atoms with Gasteiger partial charge in [-0.3, -0.25) is 4.79 Å². The van der Waals surface area contributed by atoms with Gasteiger partial charge in [-0.25, -0.2) is 0 Å². The monoisotopic (exact) mass is 355 g/mol. The zero-order chi connectivity index (χ0) is 18.5. The maximum atomic E-state index is 12.3. The van der Waals surface area contributed by atoms with Gasteiger partial charge in [0.2, 0.25) is 0 Å². The van der Waals surface area contributed by atoms with Gasteiger partial charge in [0.25, 0.3) is 5.91 Å². The molecule has 0 saturated heterocycles. The molecule has 1 aliphatic rings. The lowest BCUT2D eigenvalue weighted by Gasteiger charge is -2.14. The van der Waals surface area contributed by atoms with Crippen LogP contribution in [0.15, 0.2) is 36.4 Å². The van der Waals surface area contributed by atoms with Crippen LogP contribution in [-0.4, -0.2) is 25.2 Å². The molecule has 138 valence electrons. The van der Waals surface area contributed by atoms with E-state index in [1.807, 2.05) is 50.2 Å². The zero-order valence-electron chi connectivity index (χ0n) is 15.5. The third-order valence-electron chi connectivity index (χ3n) is 4.27. The number of hydrogen-bond acceptors (Lipinski definition) is 4. The summed E-state index contributed by atoms with van der Waals surface area (Å²) in [5, 5.41) is 2.86. The number of ether oxygens (including phenoxy) is 3. The predicted octanol–water partition coefficient (Wildman–Crippen LogP) is 3.99. The molecule has 5 nitrogen and oxygen atoms in total. The number of hydrogen-bond donors (Lipinski definition) is 1. The first-order valence-electron chi connectivity index (χ1n) is 9.07. The van der Waals surface area contributed by atoms with Gasteiger partial charge < -0.3 is 19.5 Å². The van der Waals surface area contributed by atoms with Crippen molar-refractivity contribution in [1.29, 1.82) is 0 Å². The van der Waals surface area contributed by atoms with E-state index in [9.17, 15) is 4.79 Å². The summed E-state index contributed by atoms with van der Waals surface area (Å²) in [6.45, 7) is 6.50. The van der Waals surface area contributed by atoms with Gasteiger partial charge >= 0.3 is 0 Å². The van der Waals surface area contributed by atoms with Crippen LogP contribution in [0.4, 0.5) is 5.69 Å². The highest BCUT2D eigenvalue weighted by molar-refractivity contribution is 5.93. The lowest BCUT2D eigenvalue weighted by Crippen LogP contribution is -2.20. The molecule has 0 unspecified atom stereocenters. The number of benzene rings is 2. The molecule has 0 spiro atoms.